The quantitative estimate of drug-likeness (QED) is 0.521. The molecule has 3 aromatic rings. The number of nitrogens with zero attached hydrogens (tertiary/aromatic N) is 3. The van der Waals surface area contributed by atoms with E-state index in [9.17, 15) is 10.1 Å². The maximum atomic E-state index is 11.0. The van der Waals surface area contributed by atoms with Gasteiger partial charge in [-0.1, -0.05) is 0 Å². The van der Waals surface area contributed by atoms with Gasteiger partial charge in [0.15, 0.2) is 0 Å². The molecule has 114 valence electrons. The number of pyridine rings is 1. The van der Waals surface area contributed by atoms with Crippen LogP contribution in [0.5, 0.6) is 0 Å². The molecule has 0 saturated heterocycles. The van der Waals surface area contributed by atoms with Crippen LogP contribution < -0.4 is 0 Å². The van der Waals surface area contributed by atoms with Crippen LogP contribution in [0.2, 0.25) is 0 Å². The van der Waals surface area contributed by atoms with Crippen molar-refractivity contribution in [3.8, 4) is 21.8 Å². The van der Waals surface area contributed by atoms with Crippen LogP contribution in [0.3, 0.4) is 0 Å². The molecule has 0 spiro atoms. The van der Waals surface area contributed by atoms with Crippen LogP contribution in [0.4, 0.5) is 5.69 Å². The number of benzene rings is 1. The number of fused-ring (bicyclic) bond motifs is 3. The lowest BCUT2D eigenvalue weighted by atomic mass is 10.0. The molecular weight excluding hydrogens is 310 g/mol. The van der Waals surface area contributed by atoms with Crippen molar-refractivity contribution in [2.45, 2.75) is 19.3 Å². The molecule has 0 fully saturated rings. The number of nitro benzene ring substituents is 1. The van der Waals surface area contributed by atoms with E-state index in [0.29, 0.717) is 0 Å². The van der Waals surface area contributed by atoms with Gasteiger partial charge in [0.2, 0.25) is 0 Å². The number of hydrogen-bond donors (Lipinski definition) is 0. The monoisotopic (exact) mass is 323 g/mol. The van der Waals surface area contributed by atoms with E-state index in [-0.39, 0.29) is 10.6 Å². The van der Waals surface area contributed by atoms with E-state index in [1.165, 1.54) is 4.88 Å². The normalized spacial score (nSPS) is 13.0. The third kappa shape index (κ3) is 2.51. The minimum Gasteiger partial charge on any atom is -0.264 e. The highest BCUT2D eigenvalue weighted by atomic mass is 32.1. The first-order valence-electron chi connectivity index (χ1n) is 7.40. The number of aromatic nitrogens is 2. The molecule has 1 aliphatic carbocycles. The first-order valence-corrected chi connectivity index (χ1v) is 8.22. The maximum Gasteiger partial charge on any atom is 0.269 e. The van der Waals surface area contributed by atoms with E-state index in [1.54, 1.807) is 29.7 Å². The van der Waals surface area contributed by atoms with E-state index in [2.05, 4.69) is 4.98 Å². The fraction of sp³-hybridized carbons (Fsp3) is 0.176. The Kier molecular flexibility index (Phi) is 3.38. The molecule has 0 aliphatic heterocycles. The van der Waals surface area contributed by atoms with Gasteiger partial charge < -0.3 is 0 Å². The van der Waals surface area contributed by atoms with E-state index in [0.717, 1.165) is 46.7 Å². The molecule has 0 amide bonds. The molecule has 2 heterocycles. The molecule has 5 nitrogen and oxygen atoms in total. The minimum atomic E-state index is -0.339. The zero-order valence-corrected chi connectivity index (χ0v) is 13.0. The molecule has 0 N–H and O–H groups in total. The summed E-state index contributed by atoms with van der Waals surface area (Å²) in [6, 6.07) is 9.00. The maximum absolute atomic E-state index is 11.0. The molecule has 1 aromatic carbocycles. The van der Waals surface area contributed by atoms with Crippen LogP contribution >= 0.6 is 11.3 Å². The Morgan fingerprint density at radius 2 is 2.13 bits per heavy atom. The summed E-state index contributed by atoms with van der Waals surface area (Å²) in [5.74, 6) is 0. The third-order valence-corrected chi connectivity index (χ3v) is 5.17. The summed E-state index contributed by atoms with van der Waals surface area (Å²) in [4.78, 5) is 20.9. The van der Waals surface area contributed by atoms with Crippen molar-refractivity contribution in [2.24, 2.45) is 0 Å². The highest BCUT2D eigenvalue weighted by molar-refractivity contribution is 7.15. The van der Waals surface area contributed by atoms with Crippen LogP contribution in [-0.2, 0) is 12.8 Å². The van der Waals surface area contributed by atoms with Crippen molar-refractivity contribution in [1.82, 2.24) is 9.97 Å². The van der Waals surface area contributed by atoms with Gasteiger partial charge in [-0.05, 0) is 43.0 Å². The molecule has 0 unspecified atom stereocenters. The summed E-state index contributed by atoms with van der Waals surface area (Å²) in [5.41, 5.74) is 4.16. The summed E-state index contributed by atoms with van der Waals surface area (Å²) < 4.78 is 0. The van der Waals surface area contributed by atoms with Crippen molar-refractivity contribution in [1.29, 1.82) is 0 Å². The number of nitro groups is 1. The van der Waals surface area contributed by atoms with Gasteiger partial charge in [0, 0.05) is 40.5 Å². The van der Waals surface area contributed by atoms with Gasteiger partial charge in [-0.25, -0.2) is 4.98 Å². The first kappa shape index (κ1) is 14.0. The van der Waals surface area contributed by atoms with Gasteiger partial charge >= 0.3 is 0 Å². The van der Waals surface area contributed by atoms with Gasteiger partial charge in [-0.3, -0.25) is 15.1 Å². The molecule has 2 aromatic heterocycles. The Hall–Kier alpha value is -2.60. The molecule has 1 aliphatic rings. The number of thiazole rings is 1. The van der Waals surface area contributed by atoms with Gasteiger partial charge in [-0.15, -0.1) is 11.3 Å². The number of rotatable bonds is 2. The lowest BCUT2D eigenvalue weighted by Gasteiger charge is -2.04. The van der Waals surface area contributed by atoms with Gasteiger partial charge in [-0.2, -0.15) is 0 Å². The standard InChI is InChI=1S/C17H13N3O2S/c21-20(22)13-6-7-14-11(9-13)3-1-5-15-16(14)19-17(23-15)12-4-2-8-18-10-12/h2,4,6-10H,1,3,5H2. The summed E-state index contributed by atoms with van der Waals surface area (Å²) in [7, 11) is 0. The predicted octanol–water partition coefficient (Wildman–Crippen LogP) is 4.27. The topological polar surface area (TPSA) is 68.9 Å². The van der Waals surface area contributed by atoms with Crippen molar-refractivity contribution in [3.05, 3.63) is 63.3 Å². The lowest BCUT2D eigenvalue weighted by molar-refractivity contribution is -0.384. The van der Waals surface area contributed by atoms with Crippen LogP contribution in [-0.4, -0.2) is 14.9 Å². The fourth-order valence-corrected chi connectivity index (χ4v) is 4.02. The van der Waals surface area contributed by atoms with Crippen LogP contribution in [0, 0.1) is 10.1 Å². The van der Waals surface area contributed by atoms with Crippen LogP contribution in [0.1, 0.15) is 16.9 Å². The smallest absolute Gasteiger partial charge is 0.264 e. The highest BCUT2D eigenvalue weighted by Crippen LogP contribution is 2.39. The molecule has 23 heavy (non-hydrogen) atoms. The Bertz CT molecular complexity index is 890. The number of hydrogen-bond acceptors (Lipinski definition) is 5. The summed E-state index contributed by atoms with van der Waals surface area (Å²) in [6.07, 6.45) is 6.35. The summed E-state index contributed by atoms with van der Waals surface area (Å²) in [6.45, 7) is 0. The van der Waals surface area contributed by atoms with Gasteiger partial charge in [0.1, 0.15) is 5.01 Å². The van der Waals surface area contributed by atoms with E-state index < -0.39 is 0 Å². The Morgan fingerprint density at radius 1 is 1.22 bits per heavy atom. The van der Waals surface area contributed by atoms with Crippen molar-refractivity contribution >= 4 is 17.0 Å². The highest BCUT2D eigenvalue weighted by Gasteiger charge is 2.21. The Labute approximate surface area is 136 Å². The molecule has 0 radical (unpaired) electrons. The van der Waals surface area contributed by atoms with Crippen molar-refractivity contribution in [2.75, 3.05) is 0 Å². The van der Waals surface area contributed by atoms with Crippen molar-refractivity contribution in [3.63, 3.8) is 0 Å². The summed E-state index contributed by atoms with van der Waals surface area (Å²) in [5, 5.41) is 11.9. The van der Waals surface area contributed by atoms with Gasteiger partial charge in [0.05, 0.1) is 10.6 Å². The Morgan fingerprint density at radius 3 is 2.91 bits per heavy atom. The molecule has 0 saturated carbocycles. The van der Waals surface area contributed by atoms with E-state index in [4.69, 9.17) is 4.98 Å². The fourth-order valence-electron chi connectivity index (χ4n) is 2.92. The molecule has 0 atom stereocenters. The molecule has 4 rings (SSSR count). The second kappa shape index (κ2) is 5.55. The van der Waals surface area contributed by atoms with E-state index in [1.807, 2.05) is 24.4 Å². The number of aryl methyl sites for hydroxylation is 2. The first-order chi connectivity index (χ1) is 11.2. The largest absolute Gasteiger partial charge is 0.269 e. The van der Waals surface area contributed by atoms with Crippen LogP contribution in [0.25, 0.3) is 21.8 Å². The lowest BCUT2D eigenvalue weighted by Crippen LogP contribution is -1.93. The van der Waals surface area contributed by atoms with Crippen LogP contribution in [0.15, 0.2) is 42.7 Å². The minimum absolute atomic E-state index is 0.148. The predicted molar refractivity (Wildman–Crippen MR) is 89.5 cm³/mol. The molecule has 6 heteroatoms. The molecule has 0 bridgehead atoms. The molecular formula is C17H13N3O2S. The summed E-state index contributed by atoms with van der Waals surface area (Å²) >= 11 is 1.69. The zero-order valence-electron chi connectivity index (χ0n) is 12.2. The van der Waals surface area contributed by atoms with E-state index >= 15 is 0 Å². The SMILES string of the molecule is O=[N+]([O-])c1ccc2c(c1)CCCc1sc(-c3cccnc3)nc1-2. The second-order valence-electron chi connectivity index (χ2n) is 5.48. The average molecular weight is 323 g/mol. The zero-order chi connectivity index (χ0) is 15.8. The Balaban J connectivity index is 1.84. The van der Waals surface area contributed by atoms with Crippen molar-refractivity contribution < 1.29 is 4.92 Å². The van der Waals surface area contributed by atoms with Gasteiger partial charge in [0.25, 0.3) is 5.69 Å². The number of non-ortho nitro benzene ring substituents is 1. The average Bonchev–Trinajstić information content (AvgIpc) is 2.92. The third-order valence-electron chi connectivity index (χ3n) is 4.01. The second-order valence-corrected chi connectivity index (χ2v) is 6.57.